The molecule has 2 aromatic carbocycles. The second kappa shape index (κ2) is 9.04. The predicted molar refractivity (Wildman–Crippen MR) is 126 cm³/mol. The number of fused-ring (bicyclic) bond motifs is 3. The van der Waals surface area contributed by atoms with Crippen LogP contribution in [0.1, 0.15) is 35.0 Å². The minimum absolute atomic E-state index is 0.0323. The number of amides is 1. The molecule has 3 aliphatic rings. The fourth-order valence-electron chi connectivity index (χ4n) is 4.89. The van der Waals surface area contributed by atoms with Crippen molar-refractivity contribution in [2.45, 2.75) is 38.5 Å². The predicted octanol–water partition coefficient (Wildman–Crippen LogP) is 5.35. The van der Waals surface area contributed by atoms with Gasteiger partial charge in [0.2, 0.25) is 0 Å². The van der Waals surface area contributed by atoms with E-state index >= 15 is 0 Å². The van der Waals surface area contributed by atoms with E-state index in [2.05, 4.69) is 17.1 Å². The van der Waals surface area contributed by atoms with Gasteiger partial charge in [-0.15, -0.1) is 11.3 Å². The first-order valence-electron chi connectivity index (χ1n) is 11.2. The number of thiophene rings is 1. The van der Waals surface area contributed by atoms with Crippen molar-refractivity contribution in [3.8, 4) is 16.2 Å². The first kappa shape index (κ1) is 21.2. The molecule has 6 rings (SSSR count). The number of piperidine rings is 3. The first-order chi connectivity index (χ1) is 15.6. The Labute approximate surface area is 192 Å². The van der Waals surface area contributed by atoms with Crippen molar-refractivity contribution in [2.75, 3.05) is 13.1 Å². The van der Waals surface area contributed by atoms with E-state index in [0.29, 0.717) is 23.4 Å². The van der Waals surface area contributed by atoms with Gasteiger partial charge in [-0.05, 0) is 80.2 Å². The molecule has 2 atom stereocenters. The summed E-state index contributed by atoms with van der Waals surface area (Å²) in [7, 11) is 0. The quantitative estimate of drug-likeness (QED) is 0.551. The summed E-state index contributed by atoms with van der Waals surface area (Å²) >= 11 is 1.40. The van der Waals surface area contributed by atoms with Crippen LogP contribution in [-0.4, -0.2) is 36.0 Å². The van der Waals surface area contributed by atoms with Gasteiger partial charge < -0.3 is 10.1 Å². The van der Waals surface area contributed by atoms with E-state index in [9.17, 15) is 9.18 Å². The Morgan fingerprint density at radius 2 is 1.91 bits per heavy atom. The van der Waals surface area contributed by atoms with Gasteiger partial charge in [0.05, 0.1) is 4.88 Å². The van der Waals surface area contributed by atoms with E-state index in [1.54, 1.807) is 6.07 Å². The molecule has 0 radical (unpaired) electrons. The lowest BCUT2D eigenvalue weighted by Gasteiger charge is -2.49. The highest BCUT2D eigenvalue weighted by molar-refractivity contribution is 7.17. The van der Waals surface area contributed by atoms with Gasteiger partial charge in [-0.25, -0.2) is 4.39 Å². The van der Waals surface area contributed by atoms with Crippen LogP contribution in [0.3, 0.4) is 0 Å². The second-order valence-electron chi connectivity index (χ2n) is 8.70. The van der Waals surface area contributed by atoms with E-state index < -0.39 is 5.82 Å². The van der Waals surface area contributed by atoms with Crippen molar-refractivity contribution < 1.29 is 13.9 Å². The number of carbonyl (C=O) groups is 1. The number of halogens is 1. The maximum absolute atomic E-state index is 14.6. The van der Waals surface area contributed by atoms with Crippen LogP contribution in [0.5, 0.6) is 5.75 Å². The normalized spacial score (nSPS) is 24.3. The maximum atomic E-state index is 14.6. The van der Waals surface area contributed by atoms with Crippen LogP contribution in [0.4, 0.5) is 4.39 Å². The van der Waals surface area contributed by atoms with Gasteiger partial charge >= 0.3 is 0 Å². The van der Waals surface area contributed by atoms with E-state index in [1.807, 2.05) is 48.5 Å². The summed E-state index contributed by atoms with van der Waals surface area (Å²) in [6.07, 6.45) is 2.31. The third kappa shape index (κ3) is 4.30. The molecular weight excluding hydrogens is 423 g/mol. The molecule has 0 saturated carbocycles. The Morgan fingerprint density at radius 1 is 1.12 bits per heavy atom. The summed E-state index contributed by atoms with van der Waals surface area (Å²) in [5.41, 5.74) is 1.73. The molecule has 4 nitrogen and oxygen atoms in total. The van der Waals surface area contributed by atoms with E-state index in [-0.39, 0.29) is 17.7 Å². The SMILES string of the molecule is CC1C(NC(=O)c2ccc(-c3ccc(OCc4ccccc4)c(F)c3)s2)C2CCN1CC2. The number of hydrogen-bond acceptors (Lipinski definition) is 4. The molecule has 0 spiro atoms. The second-order valence-corrected chi connectivity index (χ2v) is 9.78. The number of hydrogen-bond donors (Lipinski definition) is 1. The molecule has 1 amide bonds. The summed E-state index contributed by atoms with van der Waals surface area (Å²) in [4.78, 5) is 16.9. The fraction of sp³-hybridized carbons (Fsp3) is 0.346. The molecule has 6 heteroatoms. The highest BCUT2D eigenvalue weighted by Gasteiger charge is 2.40. The summed E-state index contributed by atoms with van der Waals surface area (Å²) in [6.45, 7) is 4.80. The van der Waals surface area contributed by atoms with Crippen LogP contribution < -0.4 is 10.1 Å². The Morgan fingerprint density at radius 3 is 2.62 bits per heavy atom. The van der Waals surface area contributed by atoms with Crippen molar-refractivity contribution in [1.29, 1.82) is 0 Å². The van der Waals surface area contributed by atoms with Gasteiger partial charge in [0.15, 0.2) is 11.6 Å². The zero-order valence-corrected chi connectivity index (χ0v) is 18.9. The molecule has 2 bridgehead atoms. The maximum Gasteiger partial charge on any atom is 0.261 e. The topological polar surface area (TPSA) is 41.6 Å². The monoisotopic (exact) mass is 450 g/mol. The van der Waals surface area contributed by atoms with Gasteiger partial charge in [0, 0.05) is 17.0 Å². The van der Waals surface area contributed by atoms with Crippen molar-refractivity contribution in [2.24, 2.45) is 5.92 Å². The average Bonchev–Trinajstić information content (AvgIpc) is 3.32. The lowest BCUT2D eigenvalue weighted by molar-refractivity contribution is 0.0218. The van der Waals surface area contributed by atoms with Gasteiger partial charge in [-0.3, -0.25) is 9.69 Å². The Balaban J connectivity index is 1.25. The minimum atomic E-state index is -0.404. The third-order valence-electron chi connectivity index (χ3n) is 6.76. The number of carbonyl (C=O) groups excluding carboxylic acids is 1. The molecule has 4 heterocycles. The Hall–Kier alpha value is -2.70. The number of rotatable bonds is 6. The molecule has 166 valence electrons. The average molecular weight is 451 g/mol. The fourth-order valence-corrected chi connectivity index (χ4v) is 5.79. The molecule has 3 aliphatic heterocycles. The zero-order valence-electron chi connectivity index (χ0n) is 18.1. The molecule has 1 aromatic heterocycles. The molecular formula is C26H27FN2O2S. The molecule has 3 aromatic rings. The van der Waals surface area contributed by atoms with Crippen molar-refractivity contribution >= 4 is 17.2 Å². The highest BCUT2D eigenvalue weighted by Crippen LogP contribution is 2.34. The lowest BCUT2D eigenvalue weighted by Crippen LogP contribution is -2.62. The van der Waals surface area contributed by atoms with Crippen LogP contribution in [0, 0.1) is 11.7 Å². The van der Waals surface area contributed by atoms with Crippen LogP contribution in [0.2, 0.25) is 0 Å². The first-order valence-corrected chi connectivity index (χ1v) is 12.0. The van der Waals surface area contributed by atoms with Gasteiger partial charge in [0.1, 0.15) is 6.61 Å². The third-order valence-corrected chi connectivity index (χ3v) is 7.89. The number of nitrogens with one attached hydrogen (secondary N) is 1. The zero-order chi connectivity index (χ0) is 22.1. The minimum Gasteiger partial charge on any atom is -0.486 e. The van der Waals surface area contributed by atoms with Crippen LogP contribution in [0.25, 0.3) is 10.4 Å². The smallest absolute Gasteiger partial charge is 0.261 e. The number of nitrogens with zero attached hydrogens (tertiary/aromatic N) is 1. The molecule has 0 aliphatic carbocycles. The standard InChI is InChI=1S/C26H27FN2O2S/c1-17-25(19-11-13-29(17)14-12-19)28-26(30)24-10-9-23(32-24)20-7-8-22(21(27)15-20)31-16-18-5-3-2-4-6-18/h2-10,15,17,19,25H,11-14,16H2,1H3,(H,28,30). The molecule has 32 heavy (non-hydrogen) atoms. The van der Waals surface area contributed by atoms with Crippen molar-refractivity contribution in [3.05, 3.63) is 76.9 Å². The molecule has 2 unspecified atom stereocenters. The van der Waals surface area contributed by atoms with Crippen LogP contribution in [-0.2, 0) is 6.61 Å². The van der Waals surface area contributed by atoms with E-state index in [1.165, 1.54) is 17.4 Å². The van der Waals surface area contributed by atoms with Crippen LogP contribution in [0.15, 0.2) is 60.7 Å². The number of ether oxygens (including phenoxy) is 1. The van der Waals surface area contributed by atoms with Crippen LogP contribution >= 0.6 is 11.3 Å². The van der Waals surface area contributed by atoms with Crippen molar-refractivity contribution in [3.63, 3.8) is 0 Å². The summed E-state index contributed by atoms with van der Waals surface area (Å²) < 4.78 is 20.3. The molecule has 1 N–H and O–H groups in total. The summed E-state index contributed by atoms with van der Waals surface area (Å²) in [5.74, 6) is 0.355. The Kier molecular flexibility index (Phi) is 5.98. The summed E-state index contributed by atoms with van der Waals surface area (Å²) in [6, 6.07) is 19.0. The largest absolute Gasteiger partial charge is 0.486 e. The van der Waals surface area contributed by atoms with Crippen molar-refractivity contribution in [1.82, 2.24) is 10.2 Å². The highest BCUT2D eigenvalue weighted by atomic mass is 32.1. The van der Waals surface area contributed by atoms with Gasteiger partial charge in [-0.1, -0.05) is 30.3 Å². The Bertz CT molecular complexity index is 1090. The lowest BCUT2D eigenvalue weighted by atomic mass is 9.79. The molecule has 3 saturated heterocycles. The molecule has 3 fully saturated rings. The number of benzene rings is 2. The van der Waals surface area contributed by atoms with Gasteiger partial charge in [0.25, 0.3) is 5.91 Å². The van der Waals surface area contributed by atoms with E-state index in [0.717, 1.165) is 41.9 Å². The van der Waals surface area contributed by atoms with Gasteiger partial charge in [-0.2, -0.15) is 0 Å². The van der Waals surface area contributed by atoms with E-state index in [4.69, 9.17) is 4.74 Å². The summed E-state index contributed by atoms with van der Waals surface area (Å²) in [5, 5.41) is 3.27.